The Kier molecular flexibility index (Phi) is 4.07. The number of hydrogen-bond donors (Lipinski definition) is 2. The average Bonchev–Trinajstić information content (AvgIpc) is 3.12. The second-order valence-electron chi connectivity index (χ2n) is 12.5. The van der Waals surface area contributed by atoms with Crippen LogP contribution in [0.5, 0.6) is 0 Å². The Balaban J connectivity index is 1.03. The van der Waals surface area contributed by atoms with Gasteiger partial charge in [0.05, 0.1) is 21.5 Å². The molecule has 8 saturated carbocycles. The zero-order valence-electron chi connectivity index (χ0n) is 18.3. The van der Waals surface area contributed by atoms with Gasteiger partial charge in [-0.1, -0.05) is 0 Å². The van der Waals surface area contributed by atoms with Gasteiger partial charge in [0.25, 0.3) is 0 Å². The van der Waals surface area contributed by atoms with Gasteiger partial charge in [0.15, 0.2) is 0 Å². The molecule has 8 aliphatic carbocycles. The molecule has 8 fully saturated rings. The van der Waals surface area contributed by atoms with E-state index in [0.717, 1.165) is 84.7 Å². The minimum Gasteiger partial charge on any atom is -0.325 e. The van der Waals surface area contributed by atoms with Gasteiger partial charge in [0.2, 0.25) is 11.8 Å². The average molecular weight is 439 g/mol. The molecule has 2 N–H and O–H groups in total. The largest absolute Gasteiger partial charge is 0.325 e. The van der Waals surface area contributed by atoms with Crippen molar-refractivity contribution in [1.82, 2.24) is 0 Å². The van der Waals surface area contributed by atoms with Crippen molar-refractivity contribution in [3.8, 4) is 0 Å². The third kappa shape index (κ3) is 3.05. The molecule has 9 rings (SSSR count). The van der Waals surface area contributed by atoms with Gasteiger partial charge in [-0.25, -0.2) is 0 Å². The van der Waals surface area contributed by atoms with E-state index in [-0.39, 0.29) is 22.6 Å². The van der Waals surface area contributed by atoms with Gasteiger partial charge >= 0.3 is 0 Å². The summed E-state index contributed by atoms with van der Waals surface area (Å²) >= 11 is 1.55. The summed E-state index contributed by atoms with van der Waals surface area (Å²) in [5.41, 5.74) is 0.618. The van der Waals surface area contributed by atoms with Crippen LogP contribution in [0.2, 0.25) is 0 Å². The lowest BCUT2D eigenvalue weighted by Gasteiger charge is -2.55. The molecule has 0 radical (unpaired) electrons. The fourth-order valence-electron chi connectivity index (χ4n) is 9.75. The van der Waals surface area contributed by atoms with Crippen molar-refractivity contribution >= 4 is 33.8 Å². The molecule has 0 atom stereocenters. The number of amides is 2. The summed E-state index contributed by atoms with van der Waals surface area (Å²) in [5, 5.41) is 9.40. The smallest absolute Gasteiger partial charge is 0.231 e. The predicted molar refractivity (Wildman–Crippen MR) is 123 cm³/mol. The lowest BCUT2D eigenvalue weighted by atomic mass is 9.49. The Morgan fingerprint density at radius 1 is 0.677 bits per heavy atom. The van der Waals surface area contributed by atoms with Crippen LogP contribution in [0.4, 0.5) is 10.7 Å². The molecule has 31 heavy (non-hydrogen) atoms. The highest BCUT2D eigenvalue weighted by Gasteiger charge is 2.55. The summed E-state index contributed by atoms with van der Waals surface area (Å²) < 4.78 is 0. The Hall–Kier alpha value is -1.36. The minimum atomic E-state index is -0.126. The third-order valence-corrected chi connectivity index (χ3v) is 11.0. The summed E-state index contributed by atoms with van der Waals surface area (Å²) in [4.78, 5) is 26.7. The van der Waals surface area contributed by atoms with Crippen LogP contribution < -0.4 is 10.6 Å². The van der Waals surface area contributed by atoms with E-state index in [2.05, 4.69) is 10.6 Å². The van der Waals surface area contributed by atoms with E-state index in [1.54, 1.807) is 11.3 Å². The van der Waals surface area contributed by atoms with Crippen molar-refractivity contribution in [2.45, 2.75) is 77.0 Å². The van der Waals surface area contributed by atoms with Crippen LogP contribution in [0.3, 0.4) is 0 Å². The van der Waals surface area contributed by atoms with Crippen LogP contribution in [0.1, 0.15) is 77.0 Å². The van der Waals surface area contributed by atoms with Gasteiger partial charge < -0.3 is 10.6 Å². The number of nitrogens with one attached hydrogen (secondary N) is 2. The van der Waals surface area contributed by atoms with Crippen molar-refractivity contribution in [2.24, 2.45) is 46.3 Å². The summed E-state index contributed by atoms with van der Waals surface area (Å²) in [7, 11) is 0. The molecule has 0 aliphatic heterocycles. The molecule has 0 saturated heterocycles. The molecule has 0 spiro atoms. The first kappa shape index (κ1) is 19.1. The minimum absolute atomic E-state index is 0.124. The van der Waals surface area contributed by atoms with Crippen LogP contribution in [0.15, 0.2) is 11.4 Å². The number of thiophene rings is 1. The number of anilines is 2. The predicted octanol–water partition coefficient (Wildman–Crippen LogP) is 6.06. The summed E-state index contributed by atoms with van der Waals surface area (Å²) in [6.45, 7) is 0. The SMILES string of the molecule is O=C(Nc1csc(NC(=O)C23CC4CC(CC(C4)C2)C3)c1)C12CC3CC(CC(C3)C1)C2. The zero-order chi connectivity index (χ0) is 20.8. The van der Waals surface area contributed by atoms with Crippen molar-refractivity contribution < 1.29 is 9.59 Å². The van der Waals surface area contributed by atoms with Gasteiger partial charge in [-0.05, 0) is 119 Å². The first-order valence-electron chi connectivity index (χ1n) is 12.7. The Bertz CT molecular complexity index is 791. The van der Waals surface area contributed by atoms with Crippen LogP contribution in [-0.2, 0) is 9.59 Å². The Morgan fingerprint density at radius 2 is 1.06 bits per heavy atom. The first-order valence-corrected chi connectivity index (χ1v) is 13.6. The summed E-state index contributed by atoms with van der Waals surface area (Å²) in [5.74, 6) is 5.12. The van der Waals surface area contributed by atoms with Crippen molar-refractivity contribution in [1.29, 1.82) is 0 Å². The van der Waals surface area contributed by atoms with Gasteiger partial charge in [-0.3, -0.25) is 9.59 Å². The highest BCUT2D eigenvalue weighted by molar-refractivity contribution is 7.14. The maximum absolute atomic E-state index is 13.3. The van der Waals surface area contributed by atoms with Gasteiger partial charge in [0.1, 0.15) is 0 Å². The Labute approximate surface area is 188 Å². The zero-order valence-corrected chi connectivity index (χ0v) is 19.1. The maximum Gasteiger partial charge on any atom is 0.231 e. The molecule has 166 valence electrons. The second-order valence-corrected chi connectivity index (χ2v) is 13.4. The number of carbonyl (C=O) groups is 2. The molecule has 1 heterocycles. The van der Waals surface area contributed by atoms with E-state index in [9.17, 15) is 9.59 Å². The number of carbonyl (C=O) groups excluding carboxylic acids is 2. The van der Waals surface area contributed by atoms with Crippen LogP contribution in [0, 0.1) is 46.3 Å². The molecule has 2 amide bonds. The molecule has 1 aromatic rings. The Morgan fingerprint density at radius 3 is 1.48 bits per heavy atom. The van der Waals surface area contributed by atoms with Gasteiger partial charge in [0, 0.05) is 5.38 Å². The van der Waals surface area contributed by atoms with Crippen molar-refractivity contribution in [3.05, 3.63) is 11.4 Å². The van der Waals surface area contributed by atoms with Crippen LogP contribution in [-0.4, -0.2) is 11.8 Å². The molecule has 8 bridgehead atoms. The van der Waals surface area contributed by atoms with Crippen molar-refractivity contribution in [2.75, 3.05) is 10.6 Å². The maximum atomic E-state index is 13.3. The van der Waals surface area contributed by atoms with E-state index in [1.165, 1.54) is 38.5 Å². The third-order valence-electron chi connectivity index (χ3n) is 10.1. The highest BCUT2D eigenvalue weighted by atomic mass is 32.1. The number of rotatable bonds is 4. The van der Waals surface area contributed by atoms with E-state index in [1.807, 2.05) is 11.4 Å². The molecule has 8 aliphatic rings. The fourth-order valence-corrected chi connectivity index (χ4v) is 10.5. The molecule has 5 heteroatoms. The van der Waals surface area contributed by atoms with Crippen molar-refractivity contribution in [3.63, 3.8) is 0 Å². The second kappa shape index (κ2) is 6.59. The topological polar surface area (TPSA) is 58.2 Å². The van der Waals surface area contributed by atoms with Gasteiger partial charge in [-0.15, -0.1) is 11.3 Å². The standard InChI is InChI=1S/C26H34N2O2S/c29-23(25-8-15-1-16(9-25)3-17(2-15)10-25)27-21-7-22(31-14-21)28-24(30)26-11-18-4-19(12-26)6-20(5-18)13-26/h7,14-20H,1-6,8-13H2,(H,27,29)(H,28,30). The molecule has 0 aromatic carbocycles. The summed E-state index contributed by atoms with van der Waals surface area (Å²) in [6.07, 6.45) is 14.6. The van der Waals surface area contributed by atoms with E-state index < -0.39 is 0 Å². The molecular weight excluding hydrogens is 404 g/mol. The highest BCUT2D eigenvalue weighted by Crippen LogP contribution is 2.61. The van der Waals surface area contributed by atoms with E-state index >= 15 is 0 Å². The molecule has 4 nitrogen and oxygen atoms in total. The quantitative estimate of drug-likeness (QED) is 0.600. The first-order chi connectivity index (χ1) is 15.0. The van der Waals surface area contributed by atoms with E-state index in [4.69, 9.17) is 0 Å². The normalized spacial score (nSPS) is 46.3. The molecular formula is C26H34N2O2S. The summed E-state index contributed by atoms with van der Waals surface area (Å²) in [6, 6.07) is 1.99. The molecule has 1 aromatic heterocycles. The number of hydrogen-bond acceptors (Lipinski definition) is 3. The van der Waals surface area contributed by atoms with Gasteiger partial charge in [-0.2, -0.15) is 0 Å². The lowest BCUT2D eigenvalue weighted by molar-refractivity contribution is -0.140. The lowest BCUT2D eigenvalue weighted by Crippen LogP contribution is -2.51. The fraction of sp³-hybridized carbons (Fsp3) is 0.769. The molecule has 0 unspecified atom stereocenters. The van der Waals surface area contributed by atoms with E-state index in [0.29, 0.717) is 0 Å². The van der Waals surface area contributed by atoms with Crippen LogP contribution in [0.25, 0.3) is 0 Å². The monoisotopic (exact) mass is 438 g/mol. The van der Waals surface area contributed by atoms with Crippen LogP contribution >= 0.6 is 11.3 Å².